The first-order chi connectivity index (χ1) is 13.9. The first-order valence-corrected chi connectivity index (χ1v) is 9.05. The van der Waals surface area contributed by atoms with E-state index in [0.717, 1.165) is 5.56 Å². The molecule has 2 heterocycles. The van der Waals surface area contributed by atoms with Gasteiger partial charge in [0.1, 0.15) is 11.8 Å². The Bertz CT molecular complexity index is 1180. The second-order valence-electron chi connectivity index (χ2n) is 5.87. The Balaban J connectivity index is 0.000000245. The van der Waals surface area contributed by atoms with Gasteiger partial charge in [-0.3, -0.25) is 0 Å². The van der Waals surface area contributed by atoms with Crippen molar-refractivity contribution in [2.75, 3.05) is 11.1 Å². The van der Waals surface area contributed by atoms with Gasteiger partial charge in [0.05, 0.1) is 28.0 Å². The van der Waals surface area contributed by atoms with Gasteiger partial charge in [-0.15, -0.1) is 0 Å². The van der Waals surface area contributed by atoms with Crippen molar-refractivity contribution in [2.45, 2.75) is 6.92 Å². The van der Waals surface area contributed by atoms with Gasteiger partial charge in [-0.2, -0.15) is 0 Å². The normalized spacial score (nSPS) is 9.97. The molecule has 0 saturated heterocycles. The fourth-order valence-electron chi connectivity index (χ4n) is 2.46. The molecule has 2 aromatic heterocycles. The number of aryl methyl sites for hydroxylation is 1. The Kier molecular flexibility index (Phi) is 8.45. The monoisotopic (exact) mass is 452 g/mol. The molecular weight excluding hydrogens is 438 g/mol. The standard InChI is InChI=1S/C14H11Cl2NO2.C5H5N5.Na/c1-8-6-7-10(15)13(12(8)16)17-11-5-3-2-4-9(11)14(18)19;6-4-3-5(9-1-7-3)10-2-8-4;/h2-7,17H,1H3,(H,18,19);1-2H,(H3,6,7,8,9,10);/q;;+1/p-1. The molecule has 0 atom stereocenters. The average molecular weight is 453 g/mol. The molecule has 148 valence electrons. The van der Waals surface area contributed by atoms with E-state index in [-0.39, 0.29) is 35.1 Å². The number of H-pyrrole nitrogens is 1. The molecular formula is C19H15Cl2N6NaO2. The van der Waals surface area contributed by atoms with Crippen LogP contribution >= 0.6 is 23.2 Å². The number of carboxylic acid groups (broad SMARTS) is 1. The van der Waals surface area contributed by atoms with Crippen LogP contribution in [0.25, 0.3) is 11.2 Å². The summed E-state index contributed by atoms with van der Waals surface area (Å²) < 4.78 is 0. The van der Waals surface area contributed by atoms with Crippen LogP contribution in [0, 0.1) is 6.92 Å². The van der Waals surface area contributed by atoms with Crippen LogP contribution in [0.3, 0.4) is 0 Å². The predicted molar refractivity (Wildman–Crippen MR) is 111 cm³/mol. The summed E-state index contributed by atoms with van der Waals surface area (Å²) in [6, 6.07) is 9.91. The smallest absolute Gasteiger partial charge is 0.545 e. The van der Waals surface area contributed by atoms with Crippen LogP contribution in [-0.4, -0.2) is 25.9 Å². The number of imidazole rings is 1. The number of aromatic amines is 1. The van der Waals surface area contributed by atoms with Crippen LogP contribution in [-0.2, 0) is 0 Å². The number of aromatic carboxylic acids is 1. The molecule has 4 aromatic rings. The van der Waals surface area contributed by atoms with Gasteiger partial charge >= 0.3 is 29.6 Å². The second kappa shape index (κ2) is 10.6. The number of carbonyl (C=O) groups excluding carboxylic acids is 1. The van der Waals surface area contributed by atoms with E-state index in [1.807, 2.05) is 6.92 Å². The number of nitrogens with zero attached hydrogens (tertiary/aromatic N) is 3. The van der Waals surface area contributed by atoms with Crippen LogP contribution in [0.15, 0.2) is 49.1 Å². The Labute approximate surface area is 204 Å². The number of nitrogens with two attached hydrogens (primary N) is 1. The molecule has 0 aliphatic rings. The summed E-state index contributed by atoms with van der Waals surface area (Å²) in [6.07, 6.45) is 2.92. The Morgan fingerprint density at radius 2 is 1.87 bits per heavy atom. The van der Waals surface area contributed by atoms with Crippen LogP contribution in [0.2, 0.25) is 10.0 Å². The molecule has 0 fully saturated rings. The molecule has 4 rings (SSSR count). The number of carbonyl (C=O) groups is 1. The molecule has 0 bridgehead atoms. The third-order valence-corrected chi connectivity index (χ3v) is 4.75. The summed E-state index contributed by atoms with van der Waals surface area (Å²) in [7, 11) is 0. The summed E-state index contributed by atoms with van der Waals surface area (Å²) in [5.74, 6) is -0.828. The summed E-state index contributed by atoms with van der Waals surface area (Å²) in [5, 5.41) is 14.9. The molecule has 30 heavy (non-hydrogen) atoms. The van der Waals surface area contributed by atoms with E-state index in [1.165, 1.54) is 18.7 Å². The number of para-hydroxylation sites is 1. The summed E-state index contributed by atoms with van der Waals surface area (Å²) in [4.78, 5) is 25.4. The van der Waals surface area contributed by atoms with E-state index >= 15 is 0 Å². The number of hydrogen-bond donors (Lipinski definition) is 3. The first-order valence-electron chi connectivity index (χ1n) is 8.30. The van der Waals surface area contributed by atoms with E-state index < -0.39 is 5.97 Å². The molecule has 0 amide bonds. The zero-order valence-corrected chi connectivity index (χ0v) is 19.6. The van der Waals surface area contributed by atoms with Gasteiger partial charge in [0.15, 0.2) is 11.5 Å². The Morgan fingerprint density at radius 1 is 1.13 bits per heavy atom. The maximum atomic E-state index is 11.0. The van der Waals surface area contributed by atoms with Gasteiger partial charge in [0.2, 0.25) is 0 Å². The molecule has 0 unspecified atom stereocenters. The van der Waals surface area contributed by atoms with Gasteiger partial charge < -0.3 is 25.9 Å². The van der Waals surface area contributed by atoms with E-state index in [1.54, 1.807) is 30.3 Å². The number of anilines is 3. The third kappa shape index (κ3) is 5.41. The zero-order chi connectivity index (χ0) is 21.0. The van der Waals surface area contributed by atoms with Crippen LogP contribution < -0.4 is 45.7 Å². The third-order valence-electron chi connectivity index (χ3n) is 3.94. The van der Waals surface area contributed by atoms with Crippen LogP contribution in [0.1, 0.15) is 15.9 Å². The molecule has 0 radical (unpaired) electrons. The maximum Gasteiger partial charge on any atom is 1.00 e. The zero-order valence-electron chi connectivity index (χ0n) is 16.1. The molecule has 4 N–H and O–H groups in total. The van der Waals surface area contributed by atoms with Crippen molar-refractivity contribution in [3.63, 3.8) is 0 Å². The van der Waals surface area contributed by atoms with Crippen molar-refractivity contribution in [3.05, 3.63) is 70.2 Å². The predicted octanol–water partition coefficient (Wildman–Crippen LogP) is 0.348. The minimum atomic E-state index is -1.26. The number of nitrogen functional groups attached to an aromatic ring is 1. The summed E-state index contributed by atoms with van der Waals surface area (Å²) in [5.41, 5.74) is 8.55. The van der Waals surface area contributed by atoms with Gasteiger partial charge in [0.25, 0.3) is 0 Å². The van der Waals surface area contributed by atoms with Gasteiger partial charge in [-0.05, 0) is 24.6 Å². The van der Waals surface area contributed by atoms with Gasteiger partial charge in [-0.25, -0.2) is 15.0 Å². The molecule has 0 saturated carbocycles. The molecule has 0 spiro atoms. The van der Waals surface area contributed by atoms with Gasteiger partial charge in [0, 0.05) is 11.3 Å². The van der Waals surface area contributed by atoms with E-state index in [0.29, 0.717) is 38.4 Å². The molecule has 2 aromatic carbocycles. The van der Waals surface area contributed by atoms with Crippen molar-refractivity contribution in [2.24, 2.45) is 0 Å². The number of benzene rings is 2. The number of aromatic nitrogens is 4. The number of carboxylic acids is 1. The minimum Gasteiger partial charge on any atom is -0.545 e. The summed E-state index contributed by atoms with van der Waals surface area (Å²) >= 11 is 12.2. The van der Waals surface area contributed by atoms with E-state index in [9.17, 15) is 9.90 Å². The quantitative estimate of drug-likeness (QED) is 0.382. The van der Waals surface area contributed by atoms with Crippen molar-refractivity contribution in [3.8, 4) is 0 Å². The second-order valence-corrected chi connectivity index (χ2v) is 6.66. The van der Waals surface area contributed by atoms with Crippen LogP contribution in [0.4, 0.5) is 17.2 Å². The largest absolute Gasteiger partial charge is 1.00 e. The number of hydrogen-bond acceptors (Lipinski definition) is 7. The van der Waals surface area contributed by atoms with Crippen LogP contribution in [0.5, 0.6) is 0 Å². The molecule has 0 aliphatic carbocycles. The molecule has 0 aliphatic heterocycles. The van der Waals surface area contributed by atoms with E-state index in [4.69, 9.17) is 28.9 Å². The van der Waals surface area contributed by atoms with E-state index in [2.05, 4.69) is 25.3 Å². The molecule has 8 nitrogen and oxygen atoms in total. The van der Waals surface area contributed by atoms with Gasteiger partial charge in [-0.1, -0.05) is 47.5 Å². The SMILES string of the molecule is Cc1ccc(Cl)c(Nc2ccccc2C(=O)[O-])c1Cl.Nc1ncnc2nc[nH]c12.[Na+]. The number of nitrogens with one attached hydrogen (secondary N) is 2. The fourth-order valence-corrected chi connectivity index (χ4v) is 2.92. The molecule has 11 heteroatoms. The Morgan fingerprint density at radius 3 is 2.57 bits per heavy atom. The minimum absolute atomic E-state index is 0. The van der Waals surface area contributed by atoms with Crippen molar-refractivity contribution in [1.82, 2.24) is 19.9 Å². The summed E-state index contributed by atoms with van der Waals surface area (Å²) in [6.45, 7) is 1.84. The van der Waals surface area contributed by atoms with Crippen molar-refractivity contribution >= 4 is 57.5 Å². The van der Waals surface area contributed by atoms with Crippen molar-refractivity contribution in [1.29, 1.82) is 0 Å². The average Bonchev–Trinajstić information content (AvgIpc) is 3.19. The van der Waals surface area contributed by atoms with Crippen molar-refractivity contribution < 1.29 is 39.5 Å². The fraction of sp³-hybridized carbons (Fsp3) is 0.0526. The Hall–Kier alpha value is -2.36. The number of fused-ring (bicyclic) bond motifs is 1. The number of rotatable bonds is 3. The number of halogens is 2. The maximum absolute atomic E-state index is 11.0. The first kappa shape index (κ1) is 23.9. The topological polar surface area (TPSA) is 133 Å².